The van der Waals surface area contributed by atoms with Crippen molar-refractivity contribution in [3.05, 3.63) is 17.8 Å². The molecule has 0 aliphatic carbocycles. The number of ether oxygens (including phenoxy) is 2. The summed E-state index contributed by atoms with van der Waals surface area (Å²) in [5.74, 6) is 2.28. The molecular weight excluding hydrogens is 447 g/mol. The third-order valence-corrected chi connectivity index (χ3v) is 3.86. The zero-order chi connectivity index (χ0) is 18.1. The summed E-state index contributed by atoms with van der Waals surface area (Å²) in [5.41, 5.74) is -0.0396. The third-order valence-electron chi connectivity index (χ3n) is 3.86. The molecule has 1 aromatic heterocycles. The van der Waals surface area contributed by atoms with Gasteiger partial charge in [-0.05, 0) is 19.8 Å². The minimum absolute atomic E-state index is 0. The van der Waals surface area contributed by atoms with Crippen molar-refractivity contribution < 1.29 is 13.9 Å². The molecule has 1 aromatic rings. The van der Waals surface area contributed by atoms with Gasteiger partial charge >= 0.3 is 0 Å². The molecule has 0 radical (unpaired) electrons. The highest BCUT2D eigenvalue weighted by Gasteiger charge is 2.19. The molecule has 1 atom stereocenters. The Morgan fingerprint density at radius 1 is 1.38 bits per heavy atom. The molecule has 0 amide bonds. The molecule has 2 heterocycles. The van der Waals surface area contributed by atoms with E-state index in [0.29, 0.717) is 12.4 Å². The molecule has 8 heteroatoms. The number of nitrogens with zero attached hydrogens (tertiary/aromatic N) is 2. The van der Waals surface area contributed by atoms with Gasteiger partial charge in [0.15, 0.2) is 5.96 Å². The van der Waals surface area contributed by atoms with Crippen molar-refractivity contribution in [1.82, 2.24) is 15.6 Å². The SMILES string of the molecule is CCNC(=NCc1ncc(C(C)(C)C)o1)NCCCOC1CCOC1.I. The number of oxazole rings is 1. The predicted octanol–water partition coefficient (Wildman–Crippen LogP) is 2.84. The van der Waals surface area contributed by atoms with E-state index in [1.54, 1.807) is 6.20 Å². The van der Waals surface area contributed by atoms with Crippen molar-refractivity contribution in [3.63, 3.8) is 0 Å². The van der Waals surface area contributed by atoms with Crippen LogP contribution in [-0.4, -0.2) is 50.0 Å². The summed E-state index contributed by atoms with van der Waals surface area (Å²) in [7, 11) is 0. The second-order valence-electron chi connectivity index (χ2n) is 7.20. The van der Waals surface area contributed by atoms with Crippen LogP contribution in [-0.2, 0) is 21.4 Å². The fraction of sp³-hybridized carbons (Fsp3) is 0.778. The lowest BCUT2D eigenvalue weighted by molar-refractivity contribution is 0.0420. The number of nitrogens with one attached hydrogen (secondary N) is 2. The van der Waals surface area contributed by atoms with Crippen LogP contribution in [0, 0.1) is 0 Å². The first-order valence-corrected chi connectivity index (χ1v) is 9.15. The van der Waals surface area contributed by atoms with Crippen molar-refractivity contribution in [2.45, 2.75) is 58.6 Å². The lowest BCUT2D eigenvalue weighted by Gasteiger charge is -2.13. The summed E-state index contributed by atoms with van der Waals surface area (Å²) in [6, 6.07) is 0. The van der Waals surface area contributed by atoms with E-state index in [4.69, 9.17) is 13.9 Å². The average molecular weight is 480 g/mol. The van der Waals surface area contributed by atoms with E-state index in [2.05, 4.69) is 41.4 Å². The maximum atomic E-state index is 5.77. The first-order chi connectivity index (χ1) is 12.0. The molecule has 0 bridgehead atoms. The largest absolute Gasteiger partial charge is 0.443 e. The maximum absolute atomic E-state index is 5.77. The number of rotatable bonds is 8. The second kappa shape index (κ2) is 11.8. The van der Waals surface area contributed by atoms with Crippen LogP contribution < -0.4 is 10.6 Å². The van der Waals surface area contributed by atoms with Gasteiger partial charge in [0.2, 0.25) is 5.89 Å². The zero-order valence-corrected chi connectivity index (χ0v) is 18.7. The van der Waals surface area contributed by atoms with Gasteiger partial charge in [-0.25, -0.2) is 9.98 Å². The Morgan fingerprint density at radius 3 is 2.81 bits per heavy atom. The first kappa shape index (κ1) is 23.2. The number of aliphatic imine (C=N–C) groups is 1. The van der Waals surface area contributed by atoms with E-state index in [1.807, 2.05) is 6.92 Å². The monoisotopic (exact) mass is 480 g/mol. The van der Waals surface area contributed by atoms with Gasteiger partial charge in [-0.15, -0.1) is 24.0 Å². The lowest BCUT2D eigenvalue weighted by Crippen LogP contribution is -2.38. The molecule has 7 nitrogen and oxygen atoms in total. The Balaban J connectivity index is 0.00000338. The number of hydrogen-bond acceptors (Lipinski definition) is 5. The highest BCUT2D eigenvalue weighted by Crippen LogP contribution is 2.22. The molecule has 0 aromatic carbocycles. The standard InChI is InChI=1S/C18H32N4O3.HI/c1-5-19-17(20-8-6-9-24-14-7-10-23-13-14)22-12-16-21-11-15(25-16)18(2,3)4;/h11,14H,5-10,12-13H2,1-4H3,(H2,19,20,22);1H. The fourth-order valence-corrected chi connectivity index (χ4v) is 2.39. The molecule has 1 aliphatic rings. The summed E-state index contributed by atoms with van der Waals surface area (Å²) in [6.07, 6.45) is 3.98. The zero-order valence-electron chi connectivity index (χ0n) is 16.3. The molecule has 1 unspecified atom stereocenters. The van der Waals surface area contributed by atoms with Gasteiger partial charge in [0, 0.05) is 31.7 Å². The topological polar surface area (TPSA) is 80.9 Å². The first-order valence-electron chi connectivity index (χ1n) is 9.15. The Labute approximate surface area is 173 Å². The van der Waals surface area contributed by atoms with Crippen molar-refractivity contribution in [2.24, 2.45) is 4.99 Å². The lowest BCUT2D eigenvalue weighted by atomic mass is 9.94. The predicted molar refractivity (Wildman–Crippen MR) is 113 cm³/mol. The Bertz CT molecular complexity index is 537. The summed E-state index contributed by atoms with van der Waals surface area (Å²) in [6.45, 7) is 12.7. The van der Waals surface area contributed by atoms with Crippen molar-refractivity contribution in [1.29, 1.82) is 0 Å². The van der Waals surface area contributed by atoms with Gasteiger partial charge in [0.05, 0.1) is 18.9 Å². The van der Waals surface area contributed by atoms with Crippen molar-refractivity contribution in [3.8, 4) is 0 Å². The van der Waals surface area contributed by atoms with Crippen LogP contribution in [0.3, 0.4) is 0 Å². The van der Waals surface area contributed by atoms with E-state index >= 15 is 0 Å². The molecule has 2 N–H and O–H groups in total. The van der Waals surface area contributed by atoms with Crippen LogP contribution in [0.15, 0.2) is 15.6 Å². The fourth-order valence-electron chi connectivity index (χ4n) is 2.39. The van der Waals surface area contributed by atoms with Gasteiger partial charge in [-0.2, -0.15) is 0 Å². The maximum Gasteiger partial charge on any atom is 0.216 e. The molecule has 1 saturated heterocycles. The summed E-state index contributed by atoms with van der Waals surface area (Å²) >= 11 is 0. The Morgan fingerprint density at radius 2 is 2.19 bits per heavy atom. The second-order valence-corrected chi connectivity index (χ2v) is 7.20. The quantitative estimate of drug-likeness (QED) is 0.258. The van der Waals surface area contributed by atoms with Gasteiger partial charge < -0.3 is 24.5 Å². The average Bonchev–Trinajstić information content (AvgIpc) is 3.23. The normalized spacial score (nSPS) is 17.8. The third kappa shape index (κ3) is 8.22. The van der Waals surface area contributed by atoms with Crippen molar-refractivity contribution >= 4 is 29.9 Å². The summed E-state index contributed by atoms with van der Waals surface area (Å²) < 4.78 is 16.8. The van der Waals surface area contributed by atoms with Crippen LogP contribution >= 0.6 is 24.0 Å². The van der Waals surface area contributed by atoms with Crippen LogP contribution in [0.4, 0.5) is 0 Å². The van der Waals surface area contributed by atoms with Gasteiger partial charge in [0.1, 0.15) is 12.3 Å². The van der Waals surface area contributed by atoms with Gasteiger partial charge in [-0.1, -0.05) is 20.8 Å². The molecule has 150 valence electrons. The minimum Gasteiger partial charge on any atom is -0.443 e. The van der Waals surface area contributed by atoms with Crippen molar-refractivity contribution in [2.75, 3.05) is 32.9 Å². The van der Waals surface area contributed by atoms with Crippen LogP contribution in [0.2, 0.25) is 0 Å². The van der Waals surface area contributed by atoms with Gasteiger partial charge in [0.25, 0.3) is 0 Å². The molecule has 0 saturated carbocycles. The van der Waals surface area contributed by atoms with Gasteiger partial charge in [-0.3, -0.25) is 0 Å². The molecule has 1 fully saturated rings. The minimum atomic E-state index is -0.0396. The van der Waals surface area contributed by atoms with Crippen LogP contribution in [0.1, 0.15) is 52.2 Å². The Hall–Kier alpha value is -0.870. The molecule has 26 heavy (non-hydrogen) atoms. The van der Waals surface area contributed by atoms with E-state index in [1.165, 1.54) is 0 Å². The number of hydrogen-bond donors (Lipinski definition) is 2. The van der Waals surface area contributed by atoms with Crippen LogP contribution in [0.5, 0.6) is 0 Å². The van der Waals surface area contributed by atoms with E-state index in [-0.39, 0.29) is 35.5 Å². The molecular formula is C18H33IN4O3. The number of aromatic nitrogens is 1. The highest BCUT2D eigenvalue weighted by molar-refractivity contribution is 14.0. The number of halogens is 1. The number of guanidine groups is 1. The van der Waals surface area contributed by atoms with E-state index in [9.17, 15) is 0 Å². The van der Waals surface area contributed by atoms with E-state index in [0.717, 1.165) is 57.5 Å². The summed E-state index contributed by atoms with van der Waals surface area (Å²) in [5, 5.41) is 6.54. The van der Waals surface area contributed by atoms with Crippen LogP contribution in [0.25, 0.3) is 0 Å². The molecule has 0 spiro atoms. The highest BCUT2D eigenvalue weighted by atomic mass is 127. The summed E-state index contributed by atoms with van der Waals surface area (Å²) in [4.78, 5) is 8.84. The Kier molecular flexibility index (Phi) is 10.5. The molecule has 2 rings (SSSR count). The smallest absolute Gasteiger partial charge is 0.216 e. The molecule has 1 aliphatic heterocycles. The van der Waals surface area contributed by atoms with E-state index < -0.39 is 0 Å².